The van der Waals surface area contributed by atoms with Crippen molar-refractivity contribution < 1.29 is 19.1 Å². The quantitative estimate of drug-likeness (QED) is 0.523. The summed E-state index contributed by atoms with van der Waals surface area (Å²) in [6.07, 6.45) is 1.73. The average Bonchev–Trinajstić information content (AvgIpc) is 3.24. The number of anilines is 1. The summed E-state index contributed by atoms with van der Waals surface area (Å²) < 4.78 is 5.09. The normalized spacial score (nSPS) is 10.5. The zero-order chi connectivity index (χ0) is 21.7. The summed E-state index contributed by atoms with van der Waals surface area (Å²) in [6.45, 7) is 1.71. The van der Waals surface area contributed by atoms with Crippen molar-refractivity contribution in [3.63, 3.8) is 0 Å². The first kappa shape index (κ1) is 21.3. The molecule has 30 heavy (non-hydrogen) atoms. The Morgan fingerprint density at radius 2 is 1.83 bits per heavy atom. The van der Waals surface area contributed by atoms with Crippen LogP contribution in [0.2, 0.25) is 5.02 Å². The number of halogens is 1. The summed E-state index contributed by atoms with van der Waals surface area (Å²) in [5, 5.41) is 3.05. The molecule has 0 bridgehead atoms. The number of Topliss-reactive ketones (excluding diaryl/α,β-unsaturated/α-hetero) is 2. The molecule has 0 atom stereocenters. The van der Waals surface area contributed by atoms with Crippen molar-refractivity contribution in [2.45, 2.75) is 19.8 Å². The third-order valence-electron chi connectivity index (χ3n) is 4.50. The number of carbonyl (C=O) groups excluding carboxylic acids is 3. The number of ether oxygens (including phenoxy) is 1. The first-order valence-corrected chi connectivity index (χ1v) is 9.64. The van der Waals surface area contributed by atoms with Crippen LogP contribution in [0.25, 0.3) is 0 Å². The van der Waals surface area contributed by atoms with E-state index in [1.165, 1.54) is 13.4 Å². The number of nitrogens with one attached hydrogen (secondary N) is 2. The van der Waals surface area contributed by atoms with Crippen molar-refractivity contribution in [1.82, 2.24) is 9.97 Å². The largest absolute Gasteiger partial charge is 0.497 e. The number of benzene rings is 2. The predicted octanol–water partition coefficient (Wildman–Crippen LogP) is 4.34. The Morgan fingerprint density at radius 3 is 2.47 bits per heavy atom. The van der Waals surface area contributed by atoms with Crippen LogP contribution in [0.5, 0.6) is 5.75 Å². The SMILES string of the molecule is CCC(=O)c1nc[nH]c1C(=O)Nc1ccc(CC(=O)c2ccc(OC)cc2Cl)cc1. The second kappa shape index (κ2) is 9.37. The van der Waals surface area contributed by atoms with E-state index in [-0.39, 0.29) is 35.8 Å². The summed E-state index contributed by atoms with van der Waals surface area (Å²) in [4.78, 5) is 43.5. The molecule has 0 saturated heterocycles. The van der Waals surface area contributed by atoms with Crippen LogP contribution in [-0.2, 0) is 6.42 Å². The van der Waals surface area contributed by atoms with Crippen LogP contribution >= 0.6 is 11.6 Å². The minimum absolute atomic E-state index is 0.119. The molecule has 0 radical (unpaired) electrons. The minimum Gasteiger partial charge on any atom is -0.497 e. The van der Waals surface area contributed by atoms with Gasteiger partial charge in [-0.3, -0.25) is 14.4 Å². The van der Waals surface area contributed by atoms with Crippen LogP contribution in [-0.4, -0.2) is 34.6 Å². The fourth-order valence-electron chi connectivity index (χ4n) is 2.88. The van der Waals surface area contributed by atoms with Gasteiger partial charge in [-0.2, -0.15) is 0 Å². The molecule has 0 aliphatic carbocycles. The Balaban J connectivity index is 1.67. The fourth-order valence-corrected chi connectivity index (χ4v) is 3.15. The zero-order valence-electron chi connectivity index (χ0n) is 16.5. The van der Waals surface area contributed by atoms with Gasteiger partial charge < -0.3 is 15.0 Å². The van der Waals surface area contributed by atoms with Gasteiger partial charge in [0.25, 0.3) is 5.91 Å². The van der Waals surface area contributed by atoms with Gasteiger partial charge in [0.2, 0.25) is 0 Å². The summed E-state index contributed by atoms with van der Waals surface area (Å²) in [6, 6.07) is 11.8. The predicted molar refractivity (Wildman–Crippen MR) is 114 cm³/mol. The maximum atomic E-state index is 12.5. The van der Waals surface area contributed by atoms with Crippen LogP contribution in [0, 0.1) is 0 Å². The lowest BCUT2D eigenvalue weighted by Gasteiger charge is -2.08. The maximum Gasteiger partial charge on any atom is 0.274 e. The molecule has 154 valence electrons. The second-order valence-electron chi connectivity index (χ2n) is 6.50. The summed E-state index contributed by atoms with van der Waals surface area (Å²) >= 11 is 6.17. The van der Waals surface area contributed by atoms with E-state index in [0.29, 0.717) is 22.0 Å². The van der Waals surface area contributed by atoms with Gasteiger partial charge in [0.15, 0.2) is 11.6 Å². The third kappa shape index (κ3) is 4.75. The number of methoxy groups -OCH3 is 1. The van der Waals surface area contributed by atoms with Gasteiger partial charge in [0.1, 0.15) is 17.1 Å². The molecule has 0 unspecified atom stereocenters. The van der Waals surface area contributed by atoms with Crippen LogP contribution in [0.3, 0.4) is 0 Å². The monoisotopic (exact) mass is 425 g/mol. The average molecular weight is 426 g/mol. The fraction of sp³-hybridized carbons (Fsp3) is 0.182. The highest BCUT2D eigenvalue weighted by atomic mass is 35.5. The van der Waals surface area contributed by atoms with Gasteiger partial charge in [-0.15, -0.1) is 0 Å². The lowest BCUT2D eigenvalue weighted by atomic mass is 10.0. The number of rotatable bonds is 8. The Hall–Kier alpha value is -3.45. The molecule has 3 rings (SSSR count). The molecule has 0 fully saturated rings. The zero-order valence-corrected chi connectivity index (χ0v) is 17.2. The third-order valence-corrected chi connectivity index (χ3v) is 4.82. The molecule has 7 nitrogen and oxygen atoms in total. The second-order valence-corrected chi connectivity index (χ2v) is 6.91. The van der Waals surface area contributed by atoms with Gasteiger partial charge in [-0.25, -0.2) is 4.98 Å². The van der Waals surface area contributed by atoms with Gasteiger partial charge in [0.05, 0.1) is 18.5 Å². The first-order valence-electron chi connectivity index (χ1n) is 9.26. The molecule has 0 aliphatic heterocycles. The van der Waals surface area contributed by atoms with E-state index in [9.17, 15) is 14.4 Å². The Bertz CT molecular complexity index is 1090. The van der Waals surface area contributed by atoms with Crippen LogP contribution in [0.15, 0.2) is 48.8 Å². The highest BCUT2D eigenvalue weighted by Crippen LogP contribution is 2.24. The van der Waals surface area contributed by atoms with Gasteiger partial charge in [-0.1, -0.05) is 30.7 Å². The lowest BCUT2D eigenvalue weighted by molar-refractivity contribution is 0.0963. The lowest BCUT2D eigenvalue weighted by Crippen LogP contribution is -2.16. The van der Waals surface area contributed by atoms with Crippen molar-refractivity contribution in [3.05, 3.63) is 76.3 Å². The molecule has 1 aromatic heterocycles. The molecule has 0 spiro atoms. The van der Waals surface area contributed by atoms with E-state index in [4.69, 9.17) is 16.3 Å². The Morgan fingerprint density at radius 1 is 1.10 bits per heavy atom. The topological polar surface area (TPSA) is 101 Å². The standard InChI is InChI=1S/C22H20ClN3O4/c1-3-18(27)20-21(25-12-24-20)22(29)26-14-6-4-13(5-7-14)10-19(28)16-9-8-15(30-2)11-17(16)23/h4-9,11-12H,3,10H2,1-2H3,(H,24,25)(H,26,29). The number of aromatic nitrogens is 2. The number of ketones is 2. The summed E-state index contributed by atoms with van der Waals surface area (Å²) in [5.41, 5.74) is 1.96. The van der Waals surface area contributed by atoms with Crippen molar-refractivity contribution in [2.24, 2.45) is 0 Å². The number of amides is 1. The molecular formula is C22H20ClN3O4. The van der Waals surface area contributed by atoms with Gasteiger partial charge in [0, 0.05) is 24.1 Å². The number of imidazole rings is 1. The number of nitrogens with zero attached hydrogens (tertiary/aromatic N) is 1. The van der Waals surface area contributed by atoms with Crippen LogP contribution in [0.1, 0.15) is 50.2 Å². The van der Waals surface area contributed by atoms with Crippen molar-refractivity contribution in [2.75, 3.05) is 12.4 Å². The number of carbonyl (C=O) groups is 3. The molecule has 2 N–H and O–H groups in total. The highest BCUT2D eigenvalue weighted by Gasteiger charge is 2.19. The number of aromatic amines is 1. The van der Waals surface area contributed by atoms with E-state index >= 15 is 0 Å². The molecule has 1 amide bonds. The first-order chi connectivity index (χ1) is 14.4. The highest BCUT2D eigenvalue weighted by molar-refractivity contribution is 6.34. The molecule has 8 heteroatoms. The van der Waals surface area contributed by atoms with E-state index in [1.807, 2.05) is 0 Å². The van der Waals surface area contributed by atoms with Crippen molar-refractivity contribution >= 4 is 34.8 Å². The number of H-pyrrole nitrogens is 1. The molecular weight excluding hydrogens is 406 g/mol. The van der Waals surface area contributed by atoms with Crippen molar-refractivity contribution in [1.29, 1.82) is 0 Å². The summed E-state index contributed by atoms with van der Waals surface area (Å²) in [5.74, 6) is -0.220. The van der Waals surface area contributed by atoms with Crippen LogP contribution < -0.4 is 10.1 Å². The van der Waals surface area contributed by atoms with Gasteiger partial charge in [-0.05, 0) is 35.9 Å². The van der Waals surface area contributed by atoms with E-state index in [1.54, 1.807) is 49.4 Å². The number of hydrogen-bond donors (Lipinski definition) is 2. The smallest absolute Gasteiger partial charge is 0.274 e. The molecule has 0 saturated carbocycles. The van der Waals surface area contributed by atoms with Crippen LogP contribution in [0.4, 0.5) is 5.69 Å². The maximum absolute atomic E-state index is 12.5. The van der Waals surface area contributed by atoms with E-state index in [0.717, 1.165) is 5.56 Å². The molecule has 0 aliphatic rings. The van der Waals surface area contributed by atoms with E-state index < -0.39 is 5.91 Å². The number of hydrogen-bond acceptors (Lipinski definition) is 5. The Kier molecular flexibility index (Phi) is 6.64. The Labute approximate surface area is 178 Å². The molecule has 3 aromatic rings. The van der Waals surface area contributed by atoms with Crippen molar-refractivity contribution in [3.8, 4) is 5.75 Å². The molecule has 2 aromatic carbocycles. The van der Waals surface area contributed by atoms with Gasteiger partial charge >= 0.3 is 0 Å². The van der Waals surface area contributed by atoms with E-state index in [2.05, 4.69) is 15.3 Å². The minimum atomic E-state index is -0.460. The molecule has 1 heterocycles. The summed E-state index contributed by atoms with van der Waals surface area (Å²) in [7, 11) is 1.53.